The Morgan fingerprint density at radius 2 is 2.10 bits per heavy atom. The Morgan fingerprint density at radius 1 is 1.29 bits per heavy atom. The van der Waals surface area contributed by atoms with Crippen molar-refractivity contribution in [2.24, 2.45) is 0 Å². The van der Waals surface area contributed by atoms with Gasteiger partial charge in [0.2, 0.25) is 5.95 Å². The van der Waals surface area contributed by atoms with Crippen molar-refractivity contribution in [2.75, 3.05) is 11.4 Å². The number of para-hydroxylation sites is 1. The SMILES string of the molecule is Cc1cccc2c1N(C(=O)c1ccnc(F)c1F)CCC2. The second kappa shape index (κ2) is 5.24. The zero-order valence-electron chi connectivity index (χ0n) is 11.6. The van der Waals surface area contributed by atoms with Crippen molar-refractivity contribution in [1.82, 2.24) is 4.98 Å². The number of aryl methyl sites for hydroxylation is 2. The van der Waals surface area contributed by atoms with Crippen molar-refractivity contribution >= 4 is 11.6 Å². The predicted molar refractivity (Wildman–Crippen MR) is 75.3 cm³/mol. The lowest BCUT2D eigenvalue weighted by Gasteiger charge is -2.31. The third-order valence-electron chi connectivity index (χ3n) is 3.74. The summed E-state index contributed by atoms with van der Waals surface area (Å²) in [6.45, 7) is 2.41. The summed E-state index contributed by atoms with van der Waals surface area (Å²) >= 11 is 0. The molecule has 0 radical (unpaired) electrons. The molecule has 108 valence electrons. The van der Waals surface area contributed by atoms with Crippen LogP contribution in [0, 0.1) is 18.7 Å². The molecule has 0 N–H and O–H groups in total. The van der Waals surface area contributed by atoms with E-state index < -0.39 is 17.7 Å². The van der Waals surface area contributed by atoms with Crippen LogP contribution in [0.5, 0.6) is 0 Å². The molecule has 1 amide bonds. The number of fused-ring (bicyclic) bond motifs is 1. The van der Waals surface area contributed by atoms with Gasteiger partial charge in [0.15, 0.2) is 5.82 Å². The van der Waals surface area contributed by atoms with Gasteiger partial charge in [-0.3, -0.25) is 4.79 Å². The first-order chi connectivity index (χ1) is 10.1. The molecule has 1 aromatic heterocycles. The number of carbonyl (C=O) groups excluding carboxylic acids is 1. The van der Waals surface area contributed by atoms with Gasteiger partial charge in [-0.2, -0.15) is 4.39 Å². The van der Waals surface area contributed by atoms with Crippen LogP contribution in [0.15, 0.2) is 30.5 Å². The molecule has 0 spiro atoms. The fourth-order valence-electron chi connectivity index (χ4n) is 2.78. The molecule has 3 rings (SSSR count). The summed E-state index contributed by atoms with van der Waals surface area (Å²) in [7, 11) is 0. The van der Waals surface area contributed by atoms with Crippen LogP contribution in [-0.2, 0) is 6.42 Å². The Balaban J connectivity index is 2.07. The molecule has 21 heavy (non-hydrogen) atoms. The van der Waals surface area contributed by atoms with Gasteiger partial charge in [0.25, 0.3) is 5.91 Å². The number of hydrogen-bond acceptors (Lipinski definition) is 2. The summed E-state index contributed by atoms with van der Waals surface area (Å²) < 4.78 is 27.0. The summed E-state index contributed by atoms with van der Waals surface area (Å²) in [4.78, 5) is 17.3. The maximum absolute atomic E-state index is 13.8. The van der Waals surface area contributed by atoms with Crippen molar-refractivity contribution in [3.8, 4) is 0 Å². The number of amides is 1. The molecule has 1 aromatic carbocycles. The number of carbonyl (C=O) groups is 1. The Morgan fingerprint density at radius 3 is 2.90 bits per heavy atom. The second-order valence-electron chi connectivity index (χ2n) is 5.11. The van der Waals surface area contributed by atoms with Gasteiger partial charge in [-0.1, -0.05) is 18.2 Å². The van der Waals surface area contributed by atoms with Gasteiger partial charge in [-0.15, -0.1) is 0 Å². The molecule has 5 heteroatoms. The van der Waals surface area contributed by atoms with E-state index >= 15 is 0 Å². The molecular weight excluding hydrogens is 274 g/mol. The summed E-state index contributed by atoms with van der Waals surface area (Å²) in [5, 5.41) is 0. The Bertz CT molecular complexity index is 715. The van der Waals surface area contributed by atoms with Gasteiger partial charge in [-0.25, -0.2) is 9.37 Å². The van der Waals surface area contributed by atoms with Crippen molar-refractivity contribution < 1.29 is 13.6 Å². The minimum Gasteiger partial charge on any atom is -0.308 e. The van der Waals surface area contributed by atoms with E-state index in [2.05, 4.69) is 4.98 Å². The number of nitrogens with zero attached hydrogens (tertiary/aromatic N) is 2. The van der Waals surface area contributed by atoms with Gasteiger partial charge < -0.3 is 4.90 Å². The maximum Gasteiger partial charge on any atom is 0.261 e. The van der Waals surface area contributed by atoms with Crippen LogP contribution >= 0.6 is 0 Å². The lowest BCUT2D eigenvalue weighted by atomic mass is 9.97. The van der Waals surface area contributed by atoms with Gasteiger partial charge in [0.1, 0.15) is 0 Å². The van der Waals surface area contributed by atoms with Crippen LogP contribution < -0.4 is 4.90 Å². The smallest absolute Gasteiger partial charge is 0.261 e. The van der Waals surface area contributed by atoms with Crippen molar-refractivity contribution in [2.45, 2.75) is 19.8 Å². The van der Waals surface area contributed by atoms with E-state index in [1.165, 1.54) is 11.0 Å². The van der Waals surface area contributed by atoms with E-state index in [0.29, 0.717) is 6.54 Å². The molecule has 0 fully saturated rings. The Hall–Kier alpha value is -2.30. The molecule has 0 atom stereocenters. The van der Waals surface area contributed by atoms with Crippen molar-refractivity contribution in [1.29, 1.82) is 0 Å². The number of hydrogen-bond donors (Lipinski definition) is 0. The van der Waals surface area contributed by atoms with Crippen LogP contribution in [0.1, 0.15) is 27.9 Å². The first-order valence-electron chi connectivity index (χ1n) is 6.80. The van der Waals surface area contributed by atoms with Crippen LogP contribution in [0.3, 0.4) is 0 Å². The first kappa shape index (κ1) is 13.7. The van der Waals surface area contributed by atoms with Gasteiger partial charge in [0.05, 0.1) is 11.3 Å². The highest BCUT2D eigenvalue weighted by Gasteiger charge is 2.27. The monoisotopic (exact) mass is 288 g/mol. The molecule has 0 unspecified atom stereocenters. The number of benzene rings is 1. The number of anilines is 1. The van der Waals surface area contributed by atoms with E-state index in [1.54, 1.807) is 0 Å². The van der Waals surface area contributed by atoms with Crippen molar-refractivity contribution in [3.05, 3.63) is 58.9 Å². The molecule has 0 aliphatic carbocycles. The lowest BCUT2D eigenvalue weighted by molar-refractivity contribution is 0.0979. The highest BCUT2D eigenvalue weighted by atomic mass is 19.2. The highest BCUT2D eigenvalue weighted by Crippen LogP contribution is 2.31. The van der Waals surface area contributed by atoms with Crippen LogP contribution in [0.2, 0.25) is 0 Å². The topological polar surface area (TPSA) is 33.2 Å². The fraction of sp³-hybridized carbons (Fsp3) is 0.250. The largest absolute Gasteiger partial charge is 0.308 e. The average Bonchev–Trinajstić information content (AvgIpc) is 2.49. The molecule has 3 nitrogen and oxygen atoms in total. The molecule has 1 aliphatic heterocycles. The fourth-order valence-corrected chi connectivity index (χ4v) is 2.78. The maximum atomic E-state index is 13.8. The normalized spacial score (nSPS) is 14.0. The number of aromatic nitrogens is 1. The standard InChI is InChI=1S/C16H14F2N2O/c1-10-4-2-5-11-6-3-9-20(14(10)11)16(21)12-7-8-19-15(18)13(12)17/h2,4-5,7-8H,3,6,9H2,1H3. The molecule has 2 heterocycles. The molecule has 0 bridgehead atoms. The van der Waals surface area contributed by atoms with E-state index in [9.17, 15) is 13.6 Å². The molecule has 2 aromatic rings. The molecule has 0 saturated carbocycles. The summed E-state index contributed by atoms with van der Waals surface area (Å²) in [5.74, 6) is -2.96. The van der Waals surface area contributed by atoms with Crippen LogP contribution in [0.25, 0.3) is 0 Å². The minimum absolute atomic E-state index is 0.279. The predicted octanol–water partition coefficient (Wildman–Crippen LogP) is 3.26. The second-order valence-corrected chi connectivity index (χ2v) is 5.11. The zero-order valence-corrected chi connectivity index (χ0v) is 11.6. The quantitative estimate of drug-likeness (QED) is 0.755. The highest BCUT2D eigenvalue weighted by molar-refractivity contribution is 6.07. The lowest BCUT2D eigenvalue weighted by Crippen LogP contribution is -2.36. The third-order valence-corrected chi connectivity index (χ3v) is 3.74. The number of halogens is 2. The van der Waals surface area contributed by atoms with Gasteiger partial charge in [0, 0.05) is 12.7 Å². The summed E-state index contributed by atoms with van der Waals surface area (Å²) in [6.07, 6.45) is 2.79. The first-order valence-corrected chi connectivity index (χ1v) is 6.80. The average molecular weight is 288 g/mol. The van der Waals surface area contributed by atoms with Gasteiger partial charge >= 0.3 is 0 Å². The van der Waals surface area contributed by atoms with E-state index in [0.717, 1.165) is 35.9 Å². The van der Waals surface area contributed by atoms with Gasteiger partial charge in [-0.05, 0) is 37.0 Å². The summed E-state index contributed by atoms with van der Waals surface area (Å²) in [6, 6.07) is 7.03. The Kier molecular flexibility index (Phi) is 3.41. The minimum atomic E-state index is -1.25. The van der Waals surface area contributed by atoms with E-state index in [-0.39, 0.29) is 5.56 Å². The number of pyridine rings is 1. The van der Waals surface area contributed by atoms with E-state index in [1.807, 2.05) is 25.1 Å². The van der Waals surface area contributed by atoms with Crippen molar-refractivity contribution in [3.63, 3.8) is 0 Å². The van der Waals surface area contributed by atoms with Crippen LogP contribution in [0.4, 0.5) is 14.5 Å². The number of rotatable bonds is 1. The molecule has 1 aliphatic rings. The molecule has 0 saturated heterocycles. The third kappa shape index (κ3) is 2.28. The van der Waals surface area contributed by atoms with Crippen LogP contribution in [-0.4, -0.2) is 17.4 Å². The zero-order chi connectivity index (χ0) is 15.0. The summed E-state index contributed by atoms with van der Waals surface area (Å²) in [5.41, 5.74) is 2.55. The Labute approximate surface area is 121 Å². The van der Waals surface area contributed by atoms with E-state index in [4.69, 9.17) is 0 Å². The molecular formula is C16H14F2N2O.